The van der Waals surface area contributed by atoms with Gasteiger partial charge in [0.15, 0.2) is 0 Å². The Balaban J connectivity index is 1.94. The maximum Gasteiger partial charge on any atom is 0.408 e. The molecule has 0 unspecified atom stereocenters. The molecule has 0 fully saturated rings. The van der Waals surface area contributed by atoms with Gasteiger partial charge in [0.05, 0.1) is 0 Å². The van der Waals surface area contributed by atoms with E-state index in [1.165, 1.54) is 0 Å². The van der Waals surface area contributed by atoms with E-state index in [0.29, 0.717) is 12.1 Å². The van der Waals surface area contributed by atoms with Crippen LogP contribution in [0.2, 0.25) is 0 Å². The Morgan fingerprint density at radius 1 is 0.972 bits per heavy atom. The zero-order chi connectivity index (χ0) is 26.8. The third-order valence-electron chi connectivity index (χ3n) is 5.08. The normalized spacial score (nSPS) is 12.3. The van der Waals surface area contributed by atoms with E-state index in [-0.39, 0.29) is 25.0 Å². The Morgan fingerprint density at radius 3 is 2.31 bits per heavy atom. The smallest absolute Gasteiger partial charge is 0.408 e. The van der Waals surface area contributed by atoms with Crippen LogP contribution < -0.4 is 16.0 Å². The summed E-state index contributed by atoms with van der Waals surface area (Å²) in [4.78, 5) is 37.4. The molecule has 0 bridgehead atoms. The van der Waals surface area contributed by atoms with E-state index in [0.717, 1.165) is 11.1 Å². The lowest BCUT2D eigenvalue weighted by Gasteiger charge is -2.24. The van der Waals surface area contributed by atoms with Gasteiger partial charge in [0.2, 0.25) is 5.91 Å². The monoisotopic (exact) mass is 496 g/mol. The van der Waals surface area contributed by atoms with Crippen molar-refractivity contribution in [2.75, 3.05) is 11.9 Å². The van der Waals surface area contributed by atoms with Crippen molar-refractivity contribution in [1.82, 2.24) is 10.6 Å². The van der Waals surface area contributed by atoms with Gasteiger partial charge in [-0.1, -0.05) is 63.2 Å². The van der Waals surface area contributed by atoms with Gasteiger partial charge in [-0.2, -0.15) is 0 Å². The SMILES string of the molecule is CC(C)(C)OC(=O)N[C@@H](CCCNC(=O)OCc1ccccc1)C(=O)Nc1[c]ccc(C(C)(C)C)c1. The van der Waals surface area contributed by atoms with Crippen LogP contribution in [-0.4, -0.2) is 36.3 Å². The zero-order valence-electron chi connectivity index (χ0n) is 22.1. The summed E-state index contributed by atoms with van der Waals surface area (Å²) in [6.45, 7) is 11.9. The standard InChI is InChI=1S/C28H38N3O5/c1-27(2,3)21-14-10-15-22(18-21)30-24(32)23(31-26(34)36-28(4,5)6)16-11-17-29-25(33)35-19-20-12-8-7-9-13-20/h7-10,12-14,18,23H,11,16-17,19H2,1-6H3,(H,29,33)(H,30,32)(H,31,34)/t23-/m0/s1. The van der Waals surface area contributed by atoms with Crippen molar-refractivity contribution in [1.29, 1.82) is 0 Å². The first-order valence-corrected chi connectivity index (χ1v) is 12.1. The van der Waals surface area contributed by atoms with Crippen molar-refractivity contribution in [2.24, 2.45) is 0 Å². The van der Waals surface area contributed by atoms with Gasteiger partial charge in [-0.05, 0) is 56.2 Å². The minimum atomic E-state index is -0.867. The number of hydrogen-bond acceptors (Lipinski definition) is 5. The molecule has 0 aromatic heterocycles. The zero-order valence-corrected chi connectivity index (χ0v) is 22.1. The number of hydrogen-bond donors (Lipinski definition) is 3. The number of benzene rings is 2. The Kier molecular flexibility index (Phi) is 10.3. The van der Waals surface area contributed by atoms with Crippen molar-refractivity contribution in [3.8, 4) is 0 Å². The van der Waals surface area contributed by atoms with Crippen molar-refractivity contribution in [3.63, 3.8) is 0 Å². The molecule has 0 heterocycles. The molecule has 2 rings (SSSR count). The number of carbonyl (C=O) groups excluding carboxylic acids is 3. The lowest BCUT2D eigenvalue weighted by molar-refractivity contribution is -0.118. The maximum absolute atomic E-state index is 13.0. The van der Waals surface area contributed by atoms with Crippen molar-refractivity contribution < 1.29 is 23.9 Å². The van der Waals surface area contributed by atoms with E-state index in [1.807, 2.05) is 42.5 Å². The molecule has 8 nitrogen and oxygen atoms in total. The molecule has 36 heavy (non-hydrogen) atoms. The highest BCUT2D eigenvalue weighted by Gasteiger charge is 2.25. The summed E-state index contributed by atoms with van der Waals surface area (Å²) >= 11 is 0. The molecule has 1 atom stereocenters. The summed E-state index contributed by atoms with van der Waals surface area (Å²) in [5, 5.41) is 8.15. The molecule has 0 aliphatic heterocycles. The summed E-state index contributed by atoms with van der Waals surface area (Å²) in [5.74, 6) is -0.394. The number of anilines is 1. The molecule has 0 aliphatic rings. The Hall–Kier alpha value is -3.55. The molecule has 3 amide bonds. The number of carbonyl (C=O) groups is 3. The van der Waals surface area contributed by atoms with Crippen LogP contribution in [0.1, 0.15) is 65.5 Å². The van der Waals surface area contributed by atoms with Gasteiger partial charge in [0, 0.05) is 18.3 Å². The second-order valence-electron chi connectivity index (χ2n) is 10.6. The van der Waals surface area contributed by atoms with E-state index in [2.05, 4.69) is 42.8 Å². The average molecular weight is 497 g/mol. The summed E-state index contributed by atoms with van der Waals surface area (Å²) in [6, 6.07) is 17.1. The summed E-state index contributed by atoms with van der Waals surface area (Å²) in [7, 11) is 0. The molecule has 0 saturated heterocycles. The van der Waals surface area contributed by atoms with Crippen molar-refractivity contribution in [2.45, 2.75) is 78.0 Å². The van der Waals surface area contributed by atoms with E-state index in [4.69, 9.17) is 9.47 Å². The molecule has 195 valence electrons. The van der Waals surface area contributed by atoms with Crippen molar-refractivity contribution in [3.05, 3.63) is 65.7 Å². The second-order valence-corrected chi connectivity index (χ2v) is 10.6. The van der Waals surface area contributed by atoms with Crippen LogP contribution in [-0.2, 0) is 26.3 Å². The first-order valence-electron chi connectivity index (χ1n) is 12.1. The molecule has 2 aromatic rings. The van der Waals surface area contributed by atoms with Gasteiger partial charge >= 0.3 is 12.2 Å². The van der Waals surface area contributed by atoms with Gasteiger partial charge in [0.25, 0.3) is 0 Å². The minimum absolute atomic E-state index is 0.0937. The Labute approximate surface area is 214 Å². The molecule has 0 aliphatic carbocycles. The quantitative estimate of drug-likeness (QED) is 0.407. The number of ether oxygens (including phenoxy) is 2. The minimum Gasteiger partial charge on any atom is -0.445 e. The number of alkyl carbamates (subject to hydrolysis) is 2. The molecule has 1 radical (unpaired) electrons. The third-order valence-corrected chi connectivity index (χ3v) is 5.08. The lowest BCUT2D eigenvalue weighted by Crippen LogP contribution is -2.46. The Bertz CT molecular complexity index is 1010. The highest BCUT2D eigenvalue weighted by Crippen LogP contribution is 2.24. The first kappa shape index (κ1) is 28.7. The van der Waals surface area contributed by atoms with E-state index < -0.39 is 29.7 Å². The van der Waals surface area contributed by atoms with Crippen LogP contribution in [0.5, 0.6) is 0 Å². The average Bonchev–Trinajstić information content (AvgIpc) is 2.78. The number of amides is 3. The fraction of sp³-hybridized carbons (Fsp3) is 0.464. The van der Waals surface area contributed by atoms with E-state index in [9.17, 15) is 14.4 Å². The number of nitrogens with one attached hydrogen (secondary N) is 3. The van der Waals surface area contributed by atoms with Gasteiger partial charge in [0.1, 0.15) is 18.2 Å². The summed E-state index contributed by atoms with van der Waals surface area (Å²) < 4.78 is 10.5. The molecular weight excluding hydrogens is 458 g/mol. The summed E-state index contributed by atoms with van der Waals surface area (Å²) in [6.07, 6.45) is -0.526. The third kappa shape index (κ3) is 10.8. The van der Waals surface area contributed by atoms with Crippen LogP contribution in [0.4, 0.5) is 15.3 Å². The maximum atomic E-state index is 13.0. The molecule has 2 aromatic carbocycles. The molecule has 0 spiro atoms. The van der Waals surface area contributed by atoms with Gasteiger partial charge in [-0.3, -0.25) is 4.79 Å². The van der Waals surface area contributed by atoms with Crippen LogP contribution in [0, 0.1) is 6.07 Å². The predicted octanol–water partition coefficient (Wildman–Crippen LogP) is 5.32. The lowest BCUT2D eigenvalue weighted by atomic mass is 9.87. The highest BCUT2D eigenvalue weighted by molar-refractivity contribution is 5.96. The van der Waals surface area contributed by atoms with Crippen LogP contribution in [0.15, 0.2) is 48.5 Å². The van der Waals surface area contributed by atoms with E-state index >= 15 is 0 Å². The van der Waals surface area contributed by atoms with Crippen LogP contribution >= 0.6 is 0 Å². The molecule has 8 heteroatoms. The number of rotatable bonds is 9. The summed E-state index contributed by atoms with van der Waals surface area (Å²) in [5.41, 5.74) is 1.66. The first-order chi connectivity index (χ1) is 16.8. The largest absolute Gasteiger partial charge is 0.445 e. The Morgan fingerprint density at radius 2 is 1.67 bits per heavy atom. The highest BCUT2D eigenvalue weighted by atomic mass is 16.6. The van der Waals surface area contributed by atoms with Gasteiger partial charge in [-0.25, -0.2) is 9.59 Å². The van der Waals surface area contributed by atoms with Gasteiger partial charge in [-0.15, -0.1) is 0 Å². The topological polar surface area (TPSA) is 106 Å². The molecular formula is C28H38N3O5. The van der Waals surface area contributed by atoms with Crippen LogP contribution in [0.3, 0.4) is 0 Å². The molecule has 0 saturated carbocycles. The fourth-order valence-electron chi connectivity index (χ4n) is 3.21. The van der Waals surface area contributed by atoms with E-state index in [1.54, 1.807) is 26.8 Å². The molecule has 3 N–H and O–H groups in total. The fourth-order valence-corrected chi connectivity index (χ4v) is 3.21. The van der Waals surface area contributed by atoms with Gasteiger partial charge < -0.3 is 25.4 Å². The predicted molar refractivity (Wildman–Crippen MR) is 140 cm³/mol. The van der Waals surface area contributed by atoms with Crippen LogP contribution in [0.25, 0.3) is 0 Å². The van der Waals surface area contributed by atoms with Crippen molar-refractivity contribution >= 4 is 23.8 Å². The second kappa shape index (κ2) is 13.0.